The van der Waals surface area contributed by atoms with E-state index in [0.29, 0.717) is 26.3 Å². The second kappa shape index (κ2) is 5.46. The highest BCUT2D eigenvalue weighted by molar-refractivity contribution is 5.81. The fourth-order valence-corrected chi connectivity index (χ4v) is 3.05. The molecule has 0 aromatic heterocycles. The maximum absolute atomic E-state index is 12.2. The summed E-state index contributed by atoms with van der Waals surface area (Å²) >= 11 is 0. The molecule has 1 amide bonds. The van der Waals surface area contributed by atoms with E-state index in [1.54, 1.807) is 0 Å². The molecule has 0 aromatic carbocycles. The summed E-state index contributed by atoms with van der Waals surface area (Å²) in [6.45, 7) is 4.09. The smallest absolute Gasteiger partial charge is 0.323 e. The van der Waals surface area contributed by atoms with Crippen LogP contribution in [0, 0.1) is 0 Å². The number of esters is 1. The number of ether oxygens (including phenoxy) is 2. The molecule has 0 N–H and O–H groups in total. The third kappa shape index (κ3) is 2.60. The fraction of sp³-hybridized carbons (Fsp3) is 0.846. The molecule has 0 radical (unpaired) electrons. The molecular weight excluding hydrogens is 248 g/mol. The standard InChI is InChI=1S/C13H20N2O4/c16-12(11-2-1-8-18-11)15-6-4-14(5-7-15)10-3-9-19-13(10)17/h10-11H,1-9H2. The molecule has 19 heavy (non-hydrogen) atoms. The Morgan fingerprint density at radius 3 is 2.47 bits per heavy atom. The SMILES string of the molecule is O=C1OCCC1N1CCN(C(=O)C2CCCO2)CC1. The van der Waals surface area contributed by atoms with Gasteiger partial charge in [0.25, 0.3) is 5.91 Å². The summed E-state index contributed by atoms with van der Waals surface area (Å²) in [7, 11) is 0. The van der Waals surface area contributed by atoms with Crippen LogP contribution < -0.4 is 0 Å². The molecule has 3 fully saturated rings. The van der Waals surface area contributed by atoms with Crippen LogP contribution in [0.15, 0.2) is 0 Å². The number of hydrogen-bond acceptors (Lipinski definition) is 5. The minimum Gasteiger partial charge on any atom is -0.464 e. The summed E-state index contributed by atoms with van der Waals surface area (Å²) < 4.78 is 10.4. The first-order valence-electron chi connectivity index (χ1n) is 7.07. The Morgan fingerprint density at radius 2 is 1.89 bits per heavy atom. The number of piperazine rings is 1. The Balaban J connectivity index is 1.51. The van der Waals surface area contributed by atoms with Crippen molar-refractivity contribution in [2.24, 2.45) is 0 Å². The maximum atomic E-state index is 12.2. The molecule has 6 heteroatoms. The van der Waals surface area contributed by atoms with Gasteiger partial charge in [-0.25, -0.2) is 0 Å². The number of cyclic esters (lactones) is 1. The molecule has 0 aromatic rings. The zero-order valence-corrected chi connectivity index (χ0v) is 11.0. The largest absolute Gasteiger partial charge is 0.464 e. The first-order chi connectivity index (χ1) is 9.25. The molecule has 2 unspecified atom stereocenters. The van der Waals surface area contributed by atoms with E-state index in [2.05, 4.69) is 4.90 Å². The number of nitrogens with zero attached hydrogens (tertiary/aromatic N) is 2. The maximum Gasteiger partial charge on any atom is 0.323 e. The molecule has 2 atom stereocenters. The number of carbonyl (C=O) groups is 2. The lowest BCUT2D eigenvalue weighted by Crippen LogP contribution is -2.54. The predicted octanol–water partition coefficient (Wildman–Crippen LogP) is -0.375. The average molecular weight is 268 g/mol. The van der Waals surface area contributed by atoms with Crippen molar-refractivity contribution in [3.8, 4) is 0 Å². The monoisotopic (exact) mass is 268 g/mol. The van der Waals surface area contributed by atoms with Crippen LogP contribution in [-0.2, 0) is 19.1 Å². The summed E-state index contributed by atoms with van der Waals surface area (Å²) in [5.74, 6) is 0.00468. The quantitative estimate of drug-likeness (QED) is 0.639. The van der Waals surface area contributed by atoms with E-state index in [0.717, 1.165) is 32.4 Å². The Morgan fingerprint density at radius 1 is 1.11 bits per heavy atom. The number of rotatable bonds is 2. The van der Waals surface area contributed by atoms with Gasteiger partial charge in [-0.2, -0.15) is 0 Å². The average Bonchev–Trinajstić information content (AvgIpc) is 3.09. The molecule has 6 nitrogen and oxygen atoms in total. The summed E-state index contributed by atoms with van der Waals surface area (Å²) in [6.07, 6.45) is 2.36. The lowest BCUT2D eigenvalue weighted by atomic mass is 10.1. The van der Waals surface area contributed by atoms with Gasteiger partial charge in [-0.05, 0) is 12.8 Å². The minimum atomic E-state index is -0.233. The second-order valence-corrected chi connectivity index (χ2v) is 5.33. The molecule has 0 spiro atoms. The van der Waals surface area contributed by atoms with E-state index in [-0.39, 0.29) is 24.0 Å². The van der Waals surface area contributed by atoms with Crippen molar-refractivity contribution in [1.82, 2.24) is 9.80 Å². The van der Waals surface area contributed by atoms with Gasteiger partial charge in [0.05, 0.1) is 6.61 Å². The van der Waals surface area contributed by atoms with Gasteiger partial charge >= 0.3 is 5.97 Å². The molecule has 3 aliphatic rings. The highest BCUT2D eigenvalue weighted by Gasteiger charge is 2.36. The minimum absolute atomic E-state index is 0.0972. The summed E-state index contributed by atoms with van der Waals surface area (Å²) in [5, 5.41) is 0. The molecule has 106 valence electrons. The zero-order valence-electron chi connectivity index (χ0n) is 11.0. The van der Waals surface area contributed by atoms with E-state index in [4.69, 9.17) is 9.47 Å². The molecule has 3 saturated heterocycles. The normalized spacial score (nSPS) is 32.6. The molecule has 3 rings (SSSR count). The van der Waals surface area contributed by atoms with Crippen LogP contribution in [0.25, 0.3) is 0 Å². The lowest BCUT2D eigenvalue weighted by molar-refractivity contribution is -0.145. The van der Waals surface area contributed by atoms with E-state index in [9.17, 15) is 9.59 Å². The van der Waals surface area contributed by atoms with E-state index in [1.807, 2.05) is 4.90 Å². The topological polar surface area (TPSA) is 59.1 Å². The van der Waals surface area contributed by atoms with Gasteiger partial charge in [0, 0.05) is 39.2 Å². The van der Waals surface area contributed by atoms with Crippen LogP contribution in [0.2, 0.25) is 0 Å². The highest BCUT2D eigenvalue weighted by Crippen LogP contribution is 2.19. The van der Waals surface area contributed by atoms with Crippen molar-refractivity contribution in [3.63, 3.8) is 0 Å². The van der Waals surface area contributed by atoms with E-state index < -0.39 is 0 Å². The zero-order chi connectivity index (χ0) is 13.2. The van der Waals surface area contributed by atoms with Crippen molar-refractivity contribution >= 4 is 11.9 Å². The van der Waals surface area contributed by atoms with Gasteiger partial charge in [-0.3, -0.25) is 14.5 Å². The van der Waals surface area contributed by atoms with Gasteiger partial charge in [-0.1, -0.05) is 0 Å². The van der Waals surface area contributed by atoms with Crippen molar-refractivity contribution in [2.75, 3.05) is 39.4 Å². The van der Waals surface area contributed by atoms with Crippen molar-refractivity contribution in [3.05, 3.63) is 0 Å². The predicted molar refractivity (Wildman–Crippen MR) is 66.5 cm³/mol. The van der Waals surface area contributed by atoms with Crippen molar-refractivity contribution < 1.29 is 19.1 Å². The molecule has 0 aliphatic carbocycles. The first kappa shape index (κ1) is 12.9. The first-order valence-corrected chi connectivity index (χ1v) is 7.07. The summed E-state index contributed by atoms with van der Waals surface area (Å²) in [6, 6.07) is -0.0972. The van der Waals surface area contributed by atoms with Crippen LogP contribution in [-0.4, -0.2) is 73.2 Å². The van der Waals surface area contributed by atoms with Gasteiger partial charge < -0.3 is 14.4 Å². The lowest BCUT2D eigenvalue weighted by Gasteiger charge is -2.37. The summed E-state index contributed by atoms with van der Waals surface area (Å²) in [5.41, 5.74) is 0. The molecule has 0 saturated carbocycles. The fourth-order valence-electron chi connectivity index (χ4n) is 3.05. The third-order valence-corrected chi connectivity index (χ3v) is 4.18. The second-order valence-electron chi connectivity index (χ2n) is 5.33. The van der Waals surface area contributed by atoms with Gasteiger partial charge in [0.1, 0.15) is 12.1 Å². The van der Waals surface area contributed by atoms with Gasteiger partial charge in [0.15, 0.2) is 0 Å². The van der Waals surface area contributed by atoms with Gasteiger partial charge in [-0.15, -0.1) is 0 Å². The van der Waals surface area contributed by atoms with Crippen LogP contribution in [0.4, 0.5) is 0 Å². The van der Waals surface area contributed by atoms with Crippen LogP contribution in [0.5, 0.6) is 0 Å². The third-order valence-electron chi connectivity index (χ3n) is 4.18. The highest BCUT2D eigenvalue weighted by atomic mass is 16.5. The van der Waals surface area contributed by atoms with Crippen LogP contribution in [0.1, 0.15) is 19.3 Å². The molecule has 0 bridgehead atoms. The molecule has 3 heterocycles. The van der Waals surface area contributed by atoms with Crippen LogP contribution in [0.3, 0.4) is 0 Å². The van der Waals surface area contributed by atoms with E-state index in [1.165, 1.54) is 0 Å². The number of carbonyl (C=O) groups excluding carboxylic acids is 2. The Kier molecular flexibility index (Phi) is 3.70. The van der Waals surface area contributed by atoms with Crippen LogP contribution >= 0.6 is 0 Å². The van der Waals surface area contributed by atoms with Gasteiger partial charge in [0.2, 0.25) is 0 Å². The van der Waals surface area contributed by atoms with E-state index >= 15 is 0 Å². The Labute approximate surface area is 112 Å². The van der Waals surface area contributed by atoms with Crippen molar-refractivity contribution in [2.45, 2.75) is 31.4 Å². The Bertz CT molecular complexity index is 360. The summed E-state index contributed by atoms with van der Waals surface area (Å²) in [4.78, 5) is 27.7. The number of amides is 1. The molecular formula is C13H20N2O4. The van der Waals surface area contributed by atoms with Crippen molar-refractivity contribution in [1.29, 1.82) is 0 Å². The molecule has 3 aliphatic heterocycles. The number of hydrogen-bond donors (Lipinski definition) is 0. The Hall–Kier alpha value is -1.14.